The number of hydrogen-bond donors (Lipinski definition) is 1. The average molecular weight is 284 g/mol. The fourth-order valence-electron chi connectivity index (χ4n) is 1.66. The zero-order chi connectivity index (χ0) is 11.5. The number of halogens is 1. The van der Waals surface area contributed by atoms with E-state index in [4.69, 9.17) is 4.74 Å². The van der Waals surface area contributed by atoms with Crippen LogP contribution in [0.5, 0.6) is 5.75 Å². The summed E-state index contributed by atoms with van der Waals surface area (Å²) in [6.45, 7) is 0. The van der Waals surface area contributed by atoms with E-state index in [-0.39, 0.29) is 11.8 Å². The van der Waals surface area contributed by atoms with Gasteiger partial charge in [-0.2, -0.15) is 0 Å². The maximum Gasteiger partial charge on any atom is 0.227 e. The fraction of sp³-hybridized carbons (Fsp3) is 0.417. The number of amides is 1. The molecule has 0 unspecified atom stereocenters. The highest BCUT2D eigenvalue weighted by Gasteiger charge is 2.25. The zero-order valence-electron chi connectivity index (χ0n) is 9.13. The second-order valence-electron chi connectivity index (χ2n) is 3.97. The van der Waals surface area contributed by atoms with E-state index >= 15 is 0 Å². The molecule has 3 nitrogen and oxygen atoms in total. The molecular weight excluding hydrogens is 270 g/mol. The standard InChI is InChI=1S/C12H14BrNO2/c1-16-11-6-5-9(7-10(11)13)14-12(15)8-3-2-4-8/h5-8H,2-4H2,1H3,(H,14,15). The number of nitrogens with one attached hydrogen (secondary N) is 1. The third-order valence-electron chi connectivity index (χ3n) is 2.90. The lowest BCUT2D eigenvalue weighted by molar-refractivity contribution is -0.122. The van der Waals surface area contributed by atoms with Gasteiger partial charge in [-0.25, -0.2) is 0 Å². The minimum Gasteiger partial charge on any atom is -0.496 e. The molecule has 1 aliphatic carbocycles. The summed E-state index contributed by atoms with van der Waals surface area (Å²) in [6, 6.07) is 5.54. The van der Waals surface area contributed by atoms with Gasteiger partial charge in [0.15, 0.2) is 0 Å². The summed E-state index contributed by atoms with van der Waals surface area (Å²) >= 11 is 3.39. The second kappa shape index (κ2) is 4.87. The molecule has 0 radical (unpaired) electrons. The minimum absolute atomic E-state index is 0.128. The minimum atomic E-state index is 0.128. The lowest BCUT2D eigenvalue weighted by atomic mass is 9.85. The third-order valence-corrected chi connectivity index (χ3v) is 3.52. The van der Waals surface area contributed by atoms with Crippen LogP contribution in [0.25, 0.3) is 0 Å². The first kappa shape index (κ1) is 11.5. The van der Waals surface area contributed by atoms with Crippen LogP contribution in [0, 0.1) is 5.92 Å². The quantitative estimate of drug-likeness (QED) is 0.925. The highest BCUT2D eigenvalue weighted by molar-refractivity contribution is 9.10. The maximum atomic E-state index is 11.7. The lowest BCUT2D eigenvalue weighted by Gasteiger charge is -2.24. The first-order valence-electron chi connectivity index (χ1n) is 5.35. The van der Waals surface area contributed by atoms with Gasteiger partial charge in [-0.05, 0) is 47.0 Å². The van der Waals surface area contributed by atoms with Crippen LogP contribution >= 0.6 is 15.9 Å². The fourth-order valence-corrected chi connectivity index (χ4v) is 2.20. The van der Waals surface area contributed by atoms with Crippen molar-refractivity contribution in [2.24, 2.45) is 5.92 Å². The number of hydrogen-bond acceptors (Lipinski definition) is 2. The molecule has 86 valence electrons. The maximum absolute atomic E-state index is 11.7. The van der Waals surface area contributed by atoms with Gasteiger partial charge in [0.25, 0.3) is 0 Å². The van der Waals surface area contributed by atoms with Crippen molar-refractivity contribution in [2.75, 3.05) is 12.4 Å². The molecule has 0 aliphatic heterocycles. The van der Waals surface area contributed by atoms with Gasteiger partial charge in [-0.1, -0.05) is 6.42 Å². The summed E-state index contributed by atoms with van der Waals surface area (Å²) < 4.78 is 5.97. The molecule has 4 heteroatoms. The Bertz CT molecular complexity index is 402. The molecule has 1 fully saturated rings. The largest absolute Gasteiger partial charge is 0.496 e. The molecule has 1 amide bonds. The second-order valence-corrected chi connectivity index (χ2v) is 4.82. The summed E-state index contributed by atoms with van der Waals surface area (Å²) in [5, 5.41) is 2.91. The van der Waals surface area contributed by atoms with Gasteiger partial charge >= 0.3 is 0 Å². The van der Waals surface area contributed by atoms with E-state index in [1.54, 1.807) is 7.11 Å². The molecule has 2 rings (SSSR count). The highest BCUT2D eigenvalue weighted by atomic mass is 79.9. The number of ether oxygens (including phenoxy) is 1. The van der Waals surface area contributed by atoms with Crippen LogP contribution in [0.3, 0.4) is 0 Å². The summed E-state index contributed by atoms with van der Waals surface area (Å²) in [4.78, 5) is 11.7. The first-order valence-corrected chi connectivity index (χ1v) is 6.14. The van der Waals surface area contributed by atoms with E-state index in [1.807, 2.05) is 18.2 Å². The summed E-state index contributed by atoms with van der Waals surface area (Å²) in [7, 11) is 1.62. The number of methoxy groups -OCH3 is 1. The van der Waals surface area contributed by atoms with Gasteiger partial charge < -0.3 is 10.1 Å². The van der Waals surface area contributed by atoms with Crippen LogP contribution in [0.4, 0.5) is 5.69 Å². The summed E-state index contributed by atoms with van der Waals surface area (Å²) in [5.41, 5.74) is 0.810. The van der Waals surface area contributed by atoms with Crippen LogP contribution in [0.1, 0.15) is 19.3 Å². The molecule has 1 aliphatic rings. The monoisotopic (exact) mass is 283 g/mol. The number of anilines is 1. The van der Waals surface area contributed by atoms with Crippen LogP contribution in [-0.2, 0) is 4.79 Å². The molecule has 1 N–H and O–H groups in total. The van der Waals surface area contributed by atoms with Crippen LogP contribution < -0.4 is 10.1 Å². The van der Waals surface area contributed by atoms with Gasteiger partial charge in [0.1, 0.15) is 5.75 Å². The molecule has 0 bridgehead atoms. The van der Waals surface area contributed by atoms with Crippen molar-refractivity contribution in [3.63, 3.8) is 0 Å². The highest BCUT2D eigenvalue weighted by Crippen LogP contribution is 2.30. The Kier molecular flexibility index (Phi) is 3.49. The summed E-state index contributed by atoms with van der Waals surface area (Å²) in [6.07, 6.45) is 3.21. The molecule has 1 aromatic carbocycles. The Balaban J connectivity index is 2.03. The van der Waals surface area contributed by atoms with Crippen molar-refractivity contribution in [1.82, 2.24) is 0 Å². The number of carbonyl (C=O) groups is 1. The van der Waals surface area contributed by atoms with Gasteiger partial charge in [-0.15, -0.1) is 0 Å². The normalized spacial score (nSPS) is 15.4. The molecule has 0 heterocycles. The Morgan fingerprint density at radius 1 is 1.50 bits per heavy atom. The van der Waals surface area contributed by atoms with E-state index in [0.717, 1.165) is 28.8 Å². The number of benzene rings is 1. The van der Waals surface area contributed by atoms with Gasteiger partial charge in [0, 0.05) is 11.6 Å². The molecule has 0 atom stereocenters. The molecular formula is C12H14BrNO2. The molecule has 1 saturated carbocycles. The smallest absolute Gasteiger partial charge is 0.227 e. The Morgan fingerprint density at radius 2 is 2.25 bits per heavy atom. The van der Waals surface area contributed by atoms with Crippen molar-refractivity contribution >= 4 is 27.5 Å². The molecule has 16 heavy (non-hydrogen) atoms. The Hall–Kier alpha value is -1.03. The number of rotatable bonds is 3. The molecule has 0 saturated heterocycles. The van der Waals surface area contributed by atoms with E-state index in [2.05, 4.69) is 21.2 Å². The van der Waals surface area contributed by atoms with E-state index in [0.29, 0.717) is 0 Å². The van der Waals surface area contributed by atoms with Crippen molar-refractivity contribution in [3.05, 3.63) is 22.7 Å². The molecule has 0 spiro atoms. The molecule has 0 aromatic heterocycles. The predicted octanol–water partition coefficient (Wildman–Crippen LogP) is 3.20. The van der Waals surface area contributed by atoms with Crippen LogP contribution in [0.2, 0.25) is 0 Å². The van der Waals surface area contributed by atoms with Crippen molar-refractivity contribution in [3.8, 4) is 5.75 Å². The van der Waals surface area contributed by atoms with E-state index in [1.165, 1.54) is 6.42 Å². The number of carbonyl (C=O) groups excluding carboxylic acids is 1. The predicted molar refractivity (Wildman–Crippen MR) is 66.7 cm³/mol. The summed E-state index contributed by atoms with van der Waals surface area (Å²) in [5.74, 6) is 1.10. The Labute approximate surface area is 103 Å². The van der Waals surface area contributed by atoms with Gasteiger partial charge in [0.2, 0.25) is 5.91 Å². The van der Waals surface area contributed by atoms with Gasteiger partial charge in [-0.3, -0.25) is 4.79 Å². The van der Waals surface area contributed by atoms with Crippen LogP contribution in [0.15, 0.2) is 22.7 Å². The van der Waals surface area contributed by atoms with Crippen molar-refractivity contribution in [1.29, 1.82) is 0 Å². The van der Waals surface area contributed by atoms with E-state index in [9.17, 15) is 4.79 Å². The average Bonchev–Trinajstić information content (AvgIpc) is 2.15. The van der Waals surface area contributed by atoms with E-state index < -0.39 is 0 Å². The van der Waals surface area contributed by atoms with Gasteiger partial charge in [0.05, 0.1) is 11.6 Å². The van der Waals surface area contributed by atoms with Crippen LogP contribution in [-0.4, -0.2) is 13.0 Å². The Morgan fingerprint density at radius 3 is 2.75 bits per heavy atom. The third kappa shape index (κ3) is 2.38. The molecule has 1 aromatic rings. The SMILES string of the molecule is COc1ccc(NC(=O)C2CCC2)cc1Br. The topological polar surface area (TPSA) is 38.3 Å². The van der Waals surface area contributed by atoms with Crippen molar-refractivity contribution in [2.45, 2.75) is 19.3 Å². The zero-order valence-corrected chi connectivity index (χ0v) is 10.7. The van der Waals surface area contributed by atoms with Crippen molar-refractivity contribution < 1.29 is 9.53 Å². The first-order chi connectivity index (χ1) is 7.70. The lowest BCUT2D eigenvalue weighted by Crippen LogP contribution is -2.27.